The minimum Gasteiger partial charge on any atom is -0.386 e. The summed E-state index contributed by atoms with van der Waals surface area (Å²) in [6, 6.07) is 0. The van der Waals surface area contributed by atoms with Crippen LogP contribution in [0.5, 0.6) is 0 Å². The van der Waals surface area contributed by atoms with Gasteiger partial charge in [-0.25, -0.2) is 0 Å². The van der Waals surface area contributed by atoms with Gasteiger partial charge in [-0.15, -0.1) is 0 Å². The summed E-state index contributed by atoms with van der Waals surface area (Å²) in [6.45, 7) is 4.57. The van der Waals surface area contributed by atoms with Crippen molar-refractivity contribution in [3.63, 3.8) is 0 Å². The molecular weight excluding hydrogens is 260 g/mol. The predicted molar refractivity (Wildman–Crippen MR) is 66.2 cm³/mol. The van der Waals surface area contributed by atoms with Gasteiger partial charge in [0.25, 0.3) is 0 Å². The van der Waals surface area contributed by atoms with E-state index in [9.17, 15) is 5.11 Å². The molecule has 92 valence electrons. The predicted octanol–water partition coefficient (Wildman–Crippen LogP) is 1.99. The number of aryl methyl sites for hydroxylation is 2. The molecule has 0 saturated heterocycles. The summed E-state index contributed by atoms with van der Waals surface area (Å²) >= 11 is 7.25. The highest BCUT2D eigenvalue weighted by Crippen LogP contribution is 2.25. The number of nitrogens with zero attached hydrogens (tertiary/aromatic N) is 4. The Balaban J connectivity index is 2.24. The van der Waals surface area contributed by atoms with Crippen molar-refractivity contribution in [2.75, 3.05) is 0 Å². The van der Waals surface area contributed by atoms with Crippen LogP contribution in [0, 0.1) is 6.92 Å². The van der Waals surface area contributed by atoms with Crippen molar-refractivity contribution in [3.05, 3.63) is 28.3 Å². The molecule has 2 heterocycles. The van der Waals surface area contributed by atoms with Crippen LogP contribution in [-0.2, 0) is 13.0 Å². The second kappa shape index (κ2) is 5.12. The van der Waals surface area contributed by atoms with Crippen LogP contribution in [0.4, 0.5) is 0 Å². The highest BCUT2D eigenvalue weighted by Gasteiger charge is 2.18. The Morgan fingerprint density at radius 1 is 1.59 bits per heavy atom. The van der Waals surface area contributed by atoms with Crippen molar-refractivity contribution in [1.29, 1.82) is 0 Å². The van der Waals surface area contributed by atoms with Crippen molar-refractivity contribution in [3.8, 4) is 0 Å². The molecule has 2 aromatic heterocycles. The van der Waals surface area contributed by atoms with E-state index in [1.807, 2.05) is 13.8 Å². The molecule has 7 heteroatoms. The molecule has 0 aliphatic rings. The van der Waals surface area contributed by atoms with Crippen molar-refractivity contribution in [2.24, 2.45) is 0 Å². The van der Waals surface area contributed by atoms with Crippen LogP contribution in [0.25, 0.3) is 0 Å². The zero-order chi connectivity index (χ0) is 12.4. The van der Waals surface area contributed by atoms with Gasteiger partial charge in [0.2, 0.25) is 0 Å². The third-order valence-corrected chi connectivity index (χ3v) is 3.54. The van der Waals surface area contributed by atoms with Gasteiger partial charge in [0.1, 0.15) is 11.8 Å². The summed E-state index contributed by atoms with van der Waals surface area (Å²) in [5.41, 5.74) is 2.20. The summed E-state index contributed by atoms with van der Waals surface area (Å²) in [5.74, 6) is 0. The summed E-state index contributed by atoms with van der Waals surface area (Å²) < 4.78 is 9.69. The lowest BCUT2D eigenvalue weighted by Crippen LogP contribution is -2.09. The maximum Gasteiger partial charge on any atom is 0.104 e. The van der Waals surface area contributed by atoms with Crippen molar-refractivity contribution < 1.29 is 5.11 Å². The number of rotatable bonds is 4. The van der Waals surface area contributed by atoms with E-state index in [1.165, 1.54) is 0 Å². The minimum atomic E-state index is -0.687. The van der Waals surface area contributed by atoms with Crippen molar-refractivity contribution in [1.82, 2.24) is 18.5 Å². The first-order chi connectivity index (χ1) is 8.13. The fourth-order valence-corrected chi connectivity index (χ4v) is 2.35. The Kier molecular flexibility index (Phi) is 3.76. The number of halogens is 1. The summed E-state index contributed by atoms with van der Waals surface area (Å²) in [6.07, 6.45) is 1.29. The van der Waals surface area contributed by atoms with Crippen LogP contribution in [-0.4, -0.2) is 23.6 Å². The van der Waals surface area contributed by atoms with Gasteiger partial charge in [-0.1, -0.05) is 11.6 Å². The van der Waals surface area contributed by atoms with E-state index in [1.54, 1.807) is 10.9 Å². The zero-order valence-corrected chi connectivity index (χ0v) is 11.2. The summed E-state index contributed by atoms with van der Waals surface area (Å²) in [5, 5.41) is 14.9. The molecule has 0 radical (unpaired) electrons. The average Bonchev–Trinajstić information content (AvgIpc) is 2.92. The molecule has 0 spiro atoms. The largest absolute Gasteiger partial charge is 0.386 e. The first-order valence-corrected chi connectivity index (χ1v) is 6.41. The van der Waals surface area contributed by atoms with E-state index in [0.29, 0.717) is 17.1 Å². The van der Waals surface area contributed by atoms with Crippen LogP contribution in [0.3, 0.4) is 0 Å². The molecule has 0 aromatic carbocycles. The lowest BCUT2D eigenvalue weighted by molar-refractivity contribution is 0.171. The highest BCUT2D eigenvalue weighted by molar-refractivity contribution is 6.99. The van der Waals surface area contributed by atoms with E-state index < -0.39 is 6.10 Å². The number of aliphatic hydroxyl groups excluding tert-OH is 1. The Labute approximate surface area is 108 Å². The van der Waals surface area contributed by atoms with Gasteiger partial charge in [-0.05, 0) is 13.8 Å². The third kappa shape index (κ3) is 2.48. The lowest BCUT2D eigenvalue weighted by Gasteiger charge is -2.09. The molecule has 0 aliphatic carbocycles. The molecule has 0 fully saturated rings. The molecule has 1 unspecified atom stereocenters. The maximum absolute atomic E-state index is 10.0. The van der Waals surface area contributed by atoms with Gasteiger partial charge >= 0.3 is 0 Å². The smallest absolute Gasteiger partial charge is 0.104 e. The molecule has 1 atom stereocenters. The summed E-state index contributed by atoms with van der Waals surface area (Å²) in [7, 11) is 0. The minimum absolute atomic E-state index is 0.402. The molecule has 0 aliphatic heterocycles. The number of aliphatic hydroxyl groups is 1. The number of hydrogen-bond donors (Lipinski definition) is 1. The first kappa shape index (κ1) is 12.5. The topological polar surface area (TPSA) is 63.8 Å². The van der Waals surface area contributed by atoms with Crippen LogP contribution < -0.4 is 0 Å². The first-order valence-electron chi connectivity index (χ1n) is 5.30. The van der Waals surface area contributed by atoms with Gasteiger partial charge < -0.3 is 5.11 Å². The number of hydrogen-bond acceptors (Lipinski definition) is 5. The second-order valence-corrected chi connectivity index (χ2v) is 4.65. The van der Waals surface area contributed by atoms with Crippen LogP contribution in [0.15, 0.2) is 6.20 Å². The average molecular weight is 273 g/mol. The Bertz CT molecular complexity index is 497. The zero-order valence-electron chi connectivity index (χ0n) is 9.59. The third-order valence-electron chi connectivity index (χ3n) is 2.56. The van der Waals surface area contributed by atoms with Crippen LogP contribution >= 0.6 is 23.3 Å². The van der Waals surface area contributed by atoms with Crippen molar-refractivity contribution >= 4 is 23.3 Å². The molecule has 2 rings (SSSR count). The molecule has 17 heavy (non-hydrogen) atoms. The van der Waals surface area contributed by atoms with Gasteiger partial charge in [0.05, 0.1) is 34.3 Å². The molecule has 0 amide bonds. The molecule has 0 bridgehead atoms. The Morgan fingerprint density at radius 2 is 2.35 bits per heavy atom. The molecular formula is C10H13ClN4OS. The van der Waals surface area contributed by atoms with E-state index in [0.717, 1.165) is 29.7 Å². The Hall–Kier alpha value is -0.980. The maximum atomic E-state index is 10.0. The monoisotopic (exact) mass is 272 g/mol. The van der Waals surface area contributed by atoms with E-state index in [2.05, 4.69) is 13.8 Å². The fraction of sp³-hybridized carbons (Fsp3) is 0.500. The fourth-order valence-electron chi connectivity index (χ4n) is 1.67. The van der Waals surface area contributed by atoms with Gasteiger partial charge in [0, 0.05) is 13.0 Å². The van der Waals surface area contributed by atoms with Gasteiger partial charge in [-0.2, -0.15) is 13.8 Å². The standard InChI is InChI=1S/C10H13ClN4OS/c1-3-15-8(10(11)6(2)13-15)4-9(16)7-5-12-17-14-7/h5,9,16H,3-4H2,1-2H3. The number of aromatic nitrogens is 4. The van der Waals surface area contributed by atoms with Crippen molar-refractivity contribution in [2.45, 2.75) is 32.9 Å². The lowest BCUT2D eigenvalue weighted by atomic mass is 10.1. The van der Waals surface area contributed by atoms with Gasteiger partial charge in [0.15, 0.2) is 0 Å². The second-order valence-electron chi connectivity index (χ2n) is 3.71. The molecule has 2 aromatic rings. The molecule has 5 nitrogen and oxygen atoms in total. The molecule has 0 saturated carbocycles. The Morgan fingerprint density at radius 3 is 2.94 bits per heavy atom. The molecule has 1 N–H and O–H groups in total. The SMILES string of the molecule is CCn1nc(C)c(Cl)c1CC(O)c1cnsn1. The summed E-state index contributed by atoms with van der Waals surface area (Å²) in [4.78, 5) is 0. The van der Waals surface area contributed by atoms with E-state index in [4.69, 9.17) is 11.6 Å². The normalized spacial score (nSPS) is 12.9. The van der Waals surface area contributed by atoms with Crippen LogP contribution in [0.1, 0.15) is 30.1 Å². The van der Waals surface area contributed by atoms with E-state index in [-0.39, 0.29) is 0 Å². The van der Waals surface area contributed by atoms with Crippen LogP contribution in [0.2, 0.25) is 5.02 Å². The van der Waals surface area contributed by atoms with Gasteiger partial charge in [-0.3, -0.25) is 4.68 Å². The van der Waals surface area contributed by atoms with E-state index >= 15 is 0 Å². The quantitative estimate of drug-likeness (QED) is 0.925. The highest BCUT2D eigenvalue weighted by atomic mass is 35.5.